The van der Waals surface area contributed by atoms with Gasteiger partial charge in [0.25, 0.3) is 5.91 Å². The van der Waals surface area contributed by atoms with Gasteiger partial charge in [0.2, 0.25) is 0 Å². The zero-order valence-corrected chi connectivity index (χ0v) is 17.4. The van der Waals surface area contributed by atoms with Gasteiger partial charge in [0, 0.05) is 24.6 Å². The Morgan fingerprint density at radius 1 is 1.30 bits per heavy atom. The number of aliphatic carboxylic acids is 1. The minimum absolute atomic E-state index is 0.0778. The van der Waals surface area contributed by atoms with Gasteiger partial charge in [-0.05, 0) is 36.8 Å². The Kier molecular flexibility index (Phi) is 6.59. The summed E-state index contributed by atoms with van der Waals surface area (Å²) in [6.07, 6.45) is -2.84. The topological polar surface area (TPSA) is 70.8 Å². The van der Waals surface area contributed by atoms with E-state index in [1.54, 1.807) is 6.07 Å². The number of halogens is 4. The van der Waals surface area contributed by atoms with Crippen LogP contribution in [0.1, 0.15) is 24.2 Å². The molecule has 2 aromatic rings. The Hall–Kier alpha value is -2.30. The largest absolute Gasteiger partial charge is 0.481 e. The third-order valence-electron chi connectivity index (χ3n) is 4.11. The van der Waals surface area contributed by atoms with E-state index in [9.17, 15) is 22.8 Å². The molecular weight excluding hydrogens is 463 g/mol. The number of carbonyl (C=O) groups excluding carboxylic acids is 1. The number of alkyl halides is 3. The standard InChI is InChI=1S/C19H13ClF3NO4S2/c20-13-8-10(19(21,22)23)3-5-12(13)14-6-4-11(28-14)9-15-17(27)24(18(29)30-15)7-1-2-16(25)26/h3-6,8-9H,1-2,7H2,(H,25,26)/b15-9+. The number of nitrogens with zero attached hydrogens (tertiary/aromatic N) is 1. The number of thioether (sulfide) groups is 1. The zero-order valence-electron chi connectivity index (χ0n) is 15.0. The fourth-order valence-electron chi connectivity index (χ4n) is 2.68. The van der Waals surface area contributed by atoms with Crippen LogP contribution < -0.4 is 0 Å². The zero-order chi connectivity index (χ0) is 22.1. The van der Waals surface area contributed by atoms with E-state index in [1.165, 1.54) is 23.1 Å². The summed E-state index contributed by atoms with van der Waals surface area (Å²) in [6.45, 7) is 0.193. The number of amides is 1. The lowest BCUT2D eigenvalue weighted by Crippen LogP contribution is -2.29. The summed E-state index contributed by atoms with van der Waals surface area (Å²) in [7, 11) is 0. The lowest BCUT2D eigenvalue weighted by molar-refractivity contribution is -0.138. The van der Waals surface area contributed by atoms with Gasteiger partial charge in [-0.2, -0.15) is 13.2 Å². The number of carboxylic acids is 1. The predicted octanol–water partition coefficient (Wildman–Crippen LogP) is 5.68. The van der Waals surface area contributed by atoms with Crippen LogP contribution in [0.2, 0.25) is 5.02 Å². The maximum atomic E-state index is 12.8. The molecule has 30 heavy (non-hydrogen) atoms. The van der Waals surface area contributed by atoms with Crippen molar-refractivity contribution in [2.45, 2.75) is 19.0 Å². The summed E-state index contributed by atoms with van der Waals surface area (Å²) >= 11 is 12.2. The molecule has 0 aliphatic carbocycles. The first-order valence-corrected chi connectivity index (χ1v) is 10.1. The SMILES string of the molecule is O=C(O)CCCN1C(=O)/C(=C\c2ccc(-c3ccc(C(F)(F)F)cc3Cl)o2)SC1=S. The summed E-state index contributed by atoms with van der Waals surface area (Å²) in [5, 5.41) is 8.59. The van der Waals surface area contributed by atoms with Crippen molar-refractivity contribution in [2.24, 2.45) is 0 Å². The molecule has 1 aromatic carbocycles. The number of hydrogen-bond donors (Lipinski definition) is 1. The average molecular weight is 476 g/mol. The molecule has 3 rings (SSSR count). The molecule has 1 aliphatic heterocycles. The first-order valence-electron chi connectivity index (χ1n) is 8.50. The molecule has 0 radical (unpaired) electrons. The summed E-state index contributed by atoms with van der Waals surface area (Å²) in [5.74, 6) is -0.772. The fraction of sp³-hybridized carbons (Fsp3) is 0.211. The van der Waals surface area contributed by atoms with Gasteiger partial charge in [-0.15, -0.1) is 0 Å². The lowest BCUT2D eigenvalue weighted by atomic mass is 10.1. The molecule has 0 spiro atoms. The number of rotatable bonds is 6. The number of carboxylic acid groups (broad SMARTS) is 1. The third-order valence-corrected chi connectivity index (χ3v) is 5.80. The van der Waals surface area contributed by atoms with Crippen molar-refractivity contribution in [2.75, 3.05) is 6.54 Å². The number of furan rings is 1. The van der Waals surface area contributed by atoms with Crippen LogP contribution in [0.25, 0.3) is 17.4 Å². The van der Waals surface area contributed by atoms with Crippen molar-refractivity contribution >= 4 is 57.9 Å². The first-order chi connectivity index (χ1) is 14.1. The summed E-state index contributed by atoms with van der Waals surface area (Å²) in [5.41, 5.74) is -0.583. The Morgan fingerprint density at radius 3 is 2.67 bits per heavy atom. The van der Waals surface area contributed by atoms with E-state index in [1.807, 2.05) is 0 Å². The van der Waals surface area contributed by atoms with Crippen LogP contribution in [0.5, 0.6) is 0 Å². The highest BCUT2D eigenvalue weighted by atomic mass is 35.5. The smallest absolute Gasteiger partial charge is 0.416 e. The Bertz CT molecular complexity index is 1050. The molecule has 1 aliphatic rings. The average Bonchev–Trinajstić information content (AvgIpc) is 3.20. The fourth-order valence-corrected chi connectivity index (χ4v) is 4.24. The minimum Gasteiger partial charge on any atom is -0.481 e. The number of hydrogen-bond acceptors (Lipinski definition) is 5. The van der Waals surface area contributed by atoms with Gasteiger partial charge in [-0.25, -0.2) is 0 Å². The van der Waals surface area contributed by atoms with Crippen LogP contribution in [0.3, 0.4) is 0 Å². The highest BCUT2D eigenvalue weighted by molar-refractivity contribution is 8.26. The number of benzene rings is 1. The summed E-state index contributed by atoms with van der Waals surface area (Å²) in [4.78, 5) is 24.7. The summed E-state index contributed by atoms with van der Waals surface area (Å²) in [6, 6.07) is 6.04. The highest BCUT2D eigenvalue weighted by Gasteiger charge is 2.32. The van der Waals surface area contributed by atoms with Gasteiger partial charge >= 0.3 is 12.1 Å². The van der Waals surface area contributed by atoms with Crippen molar-refractivity contribution in [1.82, 2.24) is 4.90 Å². The Labute approximate surface area is 183 Å². The highest BCUT2D eigenvalue weighted by Crippen LogP contribution is 2.37. The van der Waals surface area contributed by atoms with E-state index in [-0.39, 0.29) is 41.6 Å². The molecule has 0 atom stereocenters. The van der Waals surface area contributed by atoms with Crippen LogP contribution >= 0.6 is 35.6 Å². The van der Waals surface area contributed by atoms with E-state index in [0.717, 1.165) is 23.9 Å². The predicted molar refractivity (Wildman–Crippen MR) is 111 cm³/mol. The number of carbonyl (C=O) groups is 2. The summed E-state index contributed by atoms with van der Waals surface area (Å²) < 4.78 is 44.3. The molecule has 0 saturated carbocycles. The first kappa shape index (κ1) is 22.4. The molecule has 0 bridgehead atoms. The van der Waals surface area contributed by atoms with E-state index in [2.05, 4.69) is 0 Å². The van der Waals surface area contributed by atoms with Crippen LogP contribution in [-0.2, 0) is 15.8 Å². The van der Waals surface area contributed by atoms with Crippen molar-refractivity contribution in [3.8, 4) is 11.3 Å². The van der Waals surface area contributed by atoms with E-state index < -0.39 is 17.7 Å². The minimum atomic E-state index is -4.50. The lowest BCUT2D eigenvalue weighted by Gasteiger charge is -2.13. The molecular formula is C19H13ClF3NO4S2. The van der Waals surface area contributed by atoms with Crippen molar-refractivity contribution < 1.29 is 32.3 Å². The van der Waals surface area contributed by atoms with Crippen molar-refractivity contribution in [1.29, 1.82) is 0 Å². The van der Waals surface area contributed by atoms with Crippen LogP contribution in [-0.4, -0.2) is 32.7 Å². The van der Waals surface area contributed by atoms with Gasteiger partial charge in [0.1, 0.15) is 15.8 Å². The van der Waals surface area contributed by atoms with Crippen LogP contribution in [0.4, 0.5) is 13.2 Å². The quantitative estimate of drug-likeness (QED) is 0.428. The normalized spacial score (nSPS) is 16.0. The molecule has 1 amide bonds. The molecule has 2 heterocycles. The molecule has 158 valence electrons. The van der Waals surface area contributed by atoms with E-state index in [4.69, 9.17) is 33.3 Å². The van der Waals surface area contributed by atoms with Gasteiger partial charge < -0.3 is 9.52 Å². The second kappa shape index (κ2) is 8.83. The maximum Gasteiger partial charge on any atom is 0.416 e. The maximum absolute atomic E-state index is 12.8. The molecule has 1 N–H and O–H groups in total. The third kappa shape index (κ3) is 5.05. The molecule has 1 saturated heterocycles. The van der Waals surface area contributed by atoms with E-state index >= 15 is 0 Å². The molecule has 0 unspecified atom stereocenters. The van der Waals surface area contributed by atoms with Crippen molar-refractivity contribution in [3.05, 3.63) is 51.6 Å². The Balaban J connectivity index is 1.77. The van der Waals surface area contributed by atoms with Crippen LogP contribution in [0, 0.1) is 0 Å². The monoisotopic (exact) mass is 475 g/mol. The van der Waals surface area contributed by atoms with Gasteiger partial charge in [-0.3, -0.25) is 14.5 Å². The second-order valence-corrected chi connectivity index (χ2v) is 8.31. The van der Waals surface area contributed by atoms with Gasteiger partial charge in [-0.1, -0.05) is 35.6 Å². The molecule has 11 heteroatoms. The van der Waals surface area contributed by atoms with Gasteiger partial charge in [0.15, 0.2) is 0 Å². The van der Waals surface area contributed by atoms with Crippen molar-refractivity contribution in [3.63, 3.8) is 0 Å². The van der Waals surface area contributed by atoms with E-state index in [0.29, 0.717) is 15.0 Å². The number of thiocarbonyl (C=S) groups is 1. The van der Waals surface area contributed by atoms with Crippen LogP contribution in [0.15, 0.2) is 39.7 Å². The molecule has 1 aromatic heterocycles. The molecule has 5 nitrogen and oxygen atoms in total. The molecule has 1 fully saturated rings. The Morgan fingerprint density at radius 2 is 2.03 bits per heavy atom. The van der Waals surface area contributed by atoms with Gasteiger partial charge in [0.05, 0.1) is 15.5 Å². The second-order valence-electron chi connectivity index (χ2n) is 6.23.